The van der Waals surface area contributed by atoms with Crippen LogP contribution in [-0.4, -0.2) is 32.9 Å². The molecule has 6 heteroatoms. The standard InChI is InChI=1S/C23H23N5O/c24-21-19(23-27-22-20(29-23)8-5-9-25-22)13-18(14-26-21)17-7-4-6-16(12-17)15-28-10-2-1-3-11-28/h4-9,12-14H,1-3,10-11,15H2,(H2,24,26). The van der Waals surface area contributed by atoms with Crippen molar-refractivity contribution in [3.8, 4) is 22.6 Å². The van der Waals surface area contributed by atoms with Crippen molar-refractivity contribution in [2.45, 2.75) is 25.8 Å². The van der Waals surface area contributed by atoms with Crippen LogP contribution >= 0.6 is 0 Å². The molecule has 0 amide bonds. The maximum Gasteiger partial charge on any atom is 0.232 e. The van der Waals surface area contributed by atoms with Crippen LogP contribution < -0.4 is 5.73 Å². The minimum atomic E-state index is 0.393. The summed E-state index contributed by atoms with van der Waals surface area (Å²) in [5.41, 5.74) is 11.4. The Morgan fingerprint density at radius 3 is 2.72 bits per heavy atom. The largest absolute Gasteiger partial charge is 0.434 e. The third kappa shape index (κ3) is 3.71. The van der Waals surface area contributed by atoms with Crippen molar-refractivity contribution in [2.75, 3.05) is 18.8 Å². The molecule has 4 heterocycles. The molecule has 0 saturated carbocycles. The smallest absolute Gasteiger partial charge is 0.232 e. The first-order valence-corrected chi connectivity index (χ1v) is 10.1. The van der Waals surface area contributed by atoms with Crippen LogP contribution in [0.1, 0.15) is 24.8 Å². The number of hydrogen-bond acceptors (Lipinski definition) is 6. The summed E-state index contributed by atoms with van der Waals surface area (Å²) < 4.78 is 5.85. The Bertz CT molecular complexity index is 1110. The van der Waals surface area contributed by atoms with Gasteiger partial charge in [-0.25, -0.2) is 9.97 Å². The van der Waals surface area contributed by atoms with E-state index in [1.165, 1.54) is 37.9 Å². The summed E-state index contributed by atoms with van der Waals surface area (Å²) in [6.45, 7) is 3.35. The van der Waals surface area contributed by atoms with Crippen LogP contribution in [0.5, 0.6) is 0 Å². The van der Waals surface area contributed by atoms with Gasteiger partial charge in [0.15, 0.2) is 11.2 Å². The summed E-state index contributed by atoms with van der Waals surface area (Å²) in [5, 5.41) is 0. The van der Waals surface area contributed by atoms with Crippen LogP contribution in [0.25, 0.3) is 33.8 Å². The van der Waals surface area contributed by atoms with Gasteiger partial charge >= 0.3 is 0 Å². The van der Waals surface area contributed by atoms with Crippen molar-refractivity contribution < 1.29 is 4.42 Å². The Balaban J connectivity index is 1.47. The van der Waals surface area contributed by atoms with Crippen molar-refractivity contribution >= 4 is 17.0 Å². The maximum absolute atomic E-state index is 6.14. The van der Waals surface area contributed by atoms with Gasteiger partial charge in [-0.3, -0.25) is 4.90 Å². The van der Waals surface area contributed by atoms with E-state index in [-0.39, 0.29) is 0 Å². The molecule has 0 radical (unpaired) electrons. The van der Waals surface area contributed by atoms with E-state index in [0.29, 0.717) is 28.5 Å². The van der Waals surface area contributed by atoms with Gasteiger partial charge in [0, 0.05) is 24.5 Å². The molecular weight excluding hydrogens is 362 g/mol. The molecule has 3 aromatic heterocycles. The molecule has 0 spiro atoms. The SMILES string of the molecule is Nc1ncc(-c2cccc(CN3CCCCC3)c2)cc1-c1nc2ncccc2o1. The lowest BCUT2D eigenvalue weighted by Gasteiger charge is -2.26. The molecule has 1 aromatic carbocycles. The number of nitrogens with two attached hydrogens (primary N) is 1. The molecule has 29 heavy (non-hydrogen) atoms. The summed E-state index contributed by atoms with van der Waals surface area (Å²) in [4.78, 5) is 15.6. The highest BCUT2D eigenvalue weighted by Crippen LogP contribution is 2.31. The first kappa shape index (κ1) is 17.8. The van der Waals surface area contributed by atoms with Crippen LogP contribution in [-0.2, 0) is 6.54 Å². The molecule has 0 aliphatic carbocycles. The van der Waals surface area contributed by atoms with Gasteiger partial charge in [0.2, 0.25) is 5.89 Å². The third-order valence-electron chi connectivity index (χ3n) is 5.43. The molecule has 146 valence electrons. The number of nitrogens with zero attached hydrogens (tertiary/aromatic N) is 4. The summed E-state index contributed by atoms with van der Waals surface area (Å²) in [6, 6.07) is 14.3. The molecule has 0 bridgehead atoms. The second-order valence-electron chi connectivity index (χ2n) is 7.54. The second-order valence-corrected chi connectivity index (χ2v) is 7.54. The predicted octanol–water partition coefficient (Wildman–Crippen LogP) is 4.52. The predicted molar refractivity (Wildman–Crippen MR) is 114 cm³/mol. The van der Waals surface area contributed by atoms with E-state index in [1.807, 2.05) is 18.2 Å². The average Bonchev–Trinajstić information content (AvgIpc) is 3.19. The third-order valence-corrected chi connectivity index (χ3v) is 5.43. The molecule has 5 rings (SSSR count). The molecule has 4 aromatic rings. The van der Waals surface area contributed by atoms with E-state index in [9.17, 15) is 0 Å². The van der Waals surface area contributed by atoms with Gasteiger partial charge in [0.1, 0.15) is 5.82 Å². The second kappa shape index (κ2) is 7.64. The minimum absolute atomic E-state index is 0.393. The first-order valence-electron chi connectivity index (χ1n) is 10.1. The zero-order valence-electron chi connectivity index (χ0n) is 16.2. The fraction of sp³-hybridized carbons (Fsp3) is 0.261. The Morgan fingerprint density at radius 2 is 1.86 bits per heavy atom. The molecule has 1 aliphatic heterocycles. The lowest BCUT2D eigenvalue weighted by Crippen LogP contribution is -2.29. The number of fused-ring (bicyclic) bond motifs is 1. The van der Waals surface area contributed by atoms with Gasteiger partial charge in [-0.1, -0.05) is 24.6 Å². The number of hydrogen-bond donors (Lipinski definition) is 1. The van der Waals surface area contributed by atoms with Crippen LogP contribution in [0, 0.1) is 0 Å². The number of benzene rings is 1. The van der Waals surface area contributed by atoms with Crippen LogP contribution in [0.4, 0.5) is 5.82 Å². The fourth-order valence-electron chi connectivity index (χ4n) is 3.91. The van der Waals surface area contributed by atoms with Crippen molar-refractivity contribution in [1.82, 2.24) is 19.9 Å². The zero-order chi connectivity index (χ0) is 19.6. The number of piperidine rings is 1. The van der Waals surface area contributed by atoms with E-state index < -0.39 is 0 Å². The molecule has 0 unspecified atom stereocenters. The summed E-state index contributed by atoms with van der Waals surface area (Å²) >= 11 is 0. The van der Waals surface area contributed by atoms with Gasteiger partial charge in [-0.05, 0) is 61.3 Å². The van der Waals surface area contributed by atoms with E-state index >= 15 is 0 Å². The van der Waals surface area contributed by atoms with Gasteiger partial charge in [0.05, 0.1) is 5.56 Å². The zero-order valence-corrected chi connectivity index (χ0v) is 16.2. The topological polar surface area (TPSA) is 81.1 Å². The summed E-state index contributed by atoms with van der Waals surface area (Å²) in [6.07, 6.45) is 7.44. The molecule has 1 aliphatic rings. The Kier molecular flexibility index (Phi) is 4.69. The highest BCUT2D eigenvalue weighted by atomic mass is 16.3. The van der Waals surface area contributed by atoms with Crippen LogP contribution in [0.2, 0.25) is 0 Å². The lowest BCUT2D eigenvalue weighted by atomic mass is 10.0. The van der Waals surface area contributed by atoms with Crippen molar-refractivity contribution in [3.05, 3.63) is 60.4 Å². The normalized spacial score (nSPS) is 15.0. The number of likely N-dealkylation sites (tertiary alicyclic amines) is 1. The Labute approximate surface area is 169 Å². The summed E-state index contributed by atoms with van der Waals surface area (Å²) in [7, 11) is 0. The Morgan fingerprint density at radius 1 is 0.966 bits per heavy atom. The lowest BCUT2D eigenvalue weighted by molar-refractivity contribution is 0.221. The molecule has 1 fully saturated rings. The number of anilines is 1. The van der Waals surface area contributed by atoms with Crippen molar-refractivity contribution in [3.63, 3.8) is 0 Å². The van der Waals surface area contributed by atoms with Gasteiger partial charge in [0.25, 0.3) is 0 Å². The number of pyridine rings is 2. The molecule has 2 N–H and O–H groups in total. The van der Waals surface area contributed by atoms with Crippen LogP contribution in [0.15, 0.2) is 59.3 Å². The highest BCUT2D eigenvalue weighted by Gasteiger charge is 2.15. The van der Waals surface area contributed by atoms with Crippen molar-refractivity contribution in [1.29, 1.82) is 0 Å². The average molecular weight is 385 g/mol. The van der Waals surface area contributed by atoms with Gasteiger partial charge in [-0.2, -0.15) is 4.98 Å². The first-order chi connectivity index (χ1) is 14.3. The molecular formula is C23H23N5O. The fourth-order valence-corrected chi connectivity index (χ4v) is 3.91. The monoisotopic (exact) mass is 385 g/mol. The molecule has 6 nitrogen and oxygen atoms in total. The highest BCUT2D eigenvalue weighted by molar-refractivity contribution is 5.79. The molecule has 1 saturated heterocycles. The van der Waals surface area contributed by atoms with E-state index in [0.717, 1.165) is 17.7 Å². The van der Waals surface area contributed by atoms with Crippen molar-refractivity contribution in [2.24, 2.45) is 0 Å². The molecule has 0 atom stereocenters. The maximum atomic E-state index is 6.14. The van der Waals surface area contributed by atoms with E-state index in [2.05, 4.69) is 44.1 Å². The van der Waals surface area contributed by atoms with Gasteiger partial charge in [-0.15, -0.1) is 0 Å². The Hall–Kier alpha value is -3.25. The van der Waals surface area contributed by atoms with E-state index in [4.69, 9.17) is 10.2 Å². The summed E-state index contributed by atoms with van der Waals surface area (Å²) in [5.74, 6) is 0.833. The van der Waals surface area contributed by atoms with Gasteiger partial charge < -0.3 is 10.2 Å². The number of oxazole rings is 1. The number of nitrogen functional groups attached to an aromatic ring is 1. The number of aromatic nitrogens is 3. The quantitative estimate of drug-likeness (QED) is 0.556. The minimum Gasteiger partial charge on any atom is -0.434 e. The van der Waals surface area contributed by atoms with E-state index in [1.54, 1.807) is 12.4 Å². The number of rotatable bonds is 4. The van der Waals surface area contributed by atoms with Crippen LogP contribution in [0.3, 0.4) is 0 Å².